The molecule has 0 radical (unpaired) electrons. The van der Waals surface area contributed by atoms with Gasteiger partial charge >= 0.3 is 0 Å². The van der Waals surface area contributed by atoms with Gasteiger partial charge in [0.25, 0.3) is 11.8 Å². The lowest BCUT2D eigenvalue weighted by Gasteiger charge is -2.22. The number of para-hydroxylation sites is 1. The Labute approximate surface area is 288 Å². The summed E-state index contributed by atoms with van der Waals surface area (Å²) in [6.07, 6.45) is 0. The maximum Gasteiger partial charge on any atom is 0.268 e. The smallest absolute Gasteiger partial charge is 0.268 e. The number of hydrogen-bond acceptors (Lipinski definition) is 2. The molecule has 9 rings (SSSR count). The fraction of sp³-hybridized carbons (Fsp3) is 0. The first kappa shape index (κ1) is 29.1. The van der Waals surface area contributed by atoms with Gasteiger partial charge in [-0.05, 0) is 64.2 Å². The Morgan fingerprint density at radius 2 is 1.06 bits per heavy atom. The van der Waals surface area contributed by atoms with E-state index in [1.807, 2.05) is 127 Å². The first-order valence-electron chi connectivity index (χ1n) is 16.4. The molecule has 1 aliphatic heterocycles. The molecular formula is C45H27N3O2. The molecule has 0 unspecified atom stereocenters. The van der Waals surface area contributed by atoms with Crippen LogP contribution >= 0.6 is 0 Å². The third kappa shape index (κ3) is 4.47. The quantitative estimate of drug-likeness (QED) is 0.139. The molecule has 0 aliphatic carbocycles. The second-order valence-corrected chi connectivity index (χ2v) is 12.3. The standard InChI is InChI=1S/C45H27N3O2/c1-46-33-25-22-29(23-26-33)32-24-27-39-37(28-32)35-16-8-9-19-38(35)47(39)41-21-11-18-36-43(41)45(50)48(44(36)49)40-20-10-17-34(30-12-4-2-5-13-30)42(40)31-14-6-3-7-15-31/h2-28H. The normalized spacial score (nSPS) is 12.4. The minimum absolute atomic E-state index is 0.347. The highest BCUT2D eigenvalue weighted by molar-refractivity contribution is 6.36. The van der Waals surface area contributed by atoms with E-state index in [2.05, 4.69) is 39.7 Å². The maximum atomic E-state index is 14.8. The van der Waals surface area contributed by atoms with E-state index in [-0.39, 0.29) is 11.8 Å². The first-order chi connectivity index (χ1) is 24.6. The zero-order chi connectivity index (χ0) is 33.8. The lowest BCUT2D eigenvalue weighted by Crippen LogP contribution is -2.30. The van der Waals surface area contributed by atoms with Crippen molar-refractivity contribution < 1.29 is 9.59 Å². The van der Waals surface area contributed by atoms with Crippen LogP contribution in [0, 0.1) is 6.57 Å². The molecule has 0 fully saturated rings. The number of nitrogens with zero attached hydrogens (tertiary/aromatic N) is 3. The molecule has 1 aliphatic rings. The van der Waals surface area contributed by atoms with Crippen LogP contribution in [0.15, 0.2) is 164 Å². The minimum atomic E-state index is -0.356. The number of rotatable bonds is 5. The molecule has 0 spiro atoms. The molecule has 2 heterocycles. The van der Waals surface area contributed by atoms with Crippen molar-refractivity contribution in [3.8, 4) is 39.1 Å². The second-order valence-electron chi connectivity index (χ2n) is 12.3. The van der Waals surface area contributed by atoms with E-state index in [1.54, 1.807) is 6.07 Å². The predicted octanol–water partition coefficient (Wildman–Crippen LogP) is 11.1. The van der Waals surface area contributed by atoms with Gasteiger partial charge in [-0.25, -0.2) is 9.74 Å². The molecule has 0 saturated carbocycles. The Balaban J connectivity index is 1.23. The summed E-state index contributed by atoms with van der Waals surface area (Å²) in [7, 11) is 0. The van der Waals surface area contributed by atoms with E-state index in [9.17, 15) is 9.59 Å². The SMILES string of the molecule is [C-]#[N+]c1ccc(-c2ccc3c(c2)c2ccccc2n3-c2cccc3c2C(=O)N(c2cccc(-c4ccccc4)c2-c2ccccc2)C3=O)cc1. The van der Waals surface area contributed by atoms with Crippen LogP contribution in [0.3, 0.4) is 0 Å². The monoisotopic (exact) mass is 641 g/mol. The summed E-state index contributed by atoms with van der Waals surface area (Å²) >= 11 is 0. The number of hydrogen-bond donors (Lipinski definition) is 0. The second kappa shape index (κ2) is 11.6. The van der Waals surface area contributed by atoms with Crippen LogP contribution in [0.25, 0.3) is 65.7 Å². The van der Waals surface area contributed by atoms with E-state index in [1.165, 1.54) is 4.90 Å². The average Bonchev–Trinajstić information content (AvgIpc) is 3.65. The highest BCUT2D eigenvalue weighted by Gasteiger charge is 2.40. The Kier molecular flexibility index (Phi) is 6.75. The van der Waals surface area contributed by atoms with Crippen LogP contribution in [0.5, 0.6) is 0 Å². The van der Waals surface area contributed by atoms with Gasteiger partial charge in [0.2, 0.25) is 0 Å². The summed E-state index contributed by atoms with van der Waals surface area (Å²) in [6.45, 7) is 7.31. The molecule has 50 heavy (non-hydrogen) atoms. The average molecular weight is 642 g/mol. The molecule has 5 nitrogen and oxygen atoms in total. The number of carbonyl (C=O) groups excluding carboxylic acids is 2. The summed E-state index contributed by atoms with van der Waals surface area (Å²) in [6, 6.07) is 53.3. The van der Waals surface area contributed by atoms with Crippen molar-refractivity contribution in [2.45, 2.75) is 0 Å². The third-order valence-electron chi connectivity index (χ3n) is 9.57. The predicted molar refractivity (Wildman–Crippen MR) is 201 cm³/mol. The Morgan fingerprint density at radius 3 is 1.80 bits per heavy atom. The summed E-state index contributed by atoms with van der Waals surface area (Å²) in [5.41, 5.74) is 10.1. The molecule has 1 aromatic heterocycles. The Bertz CT molecular complexity index is 2690. The molecule has 7 aromatic carbocycles. The van der Waals surface area contributed by atoms with Gasteiger partial charge in [0.05, 0.1) is 40.1 Å². The molecular weight excluding hydrogens is 615 g/mol. The lowest BCUT2D eigenvalue weighted by molar-refractivity contribution is 0.0926. The van der Waals surface area contributed by atoms with Gasteiger partial charge in [0, 0.05) is 16.3 Å². The minimum Gasteiger partial charge on any atom is -0.308 e. The number of fused-ring (bicyclic) bond motifs is 4. The van der Waals surface area contributed by atoms with Gasteiger partial charge in [-0.15, -0.1) is 0 Å². The van der Waals surface area contributed by atoms with Crippen molar-refractivity contribution >= 4 is 45.0 Å². The zero-order valence-electron chi connectivity index (χ0n) is 26.7. The van der Waals surface area contributed by atoms with Crippen molar-refractivity contribution in [1.29, 1.82) is 0 Å². The van der Waals surface area contributed by atoms with Gasteiger partial charge in [-0.2, -0.15) is 0 Å². The first-order valence-corrected chi connectivity index (χ1v) is 16.4. The number of aromatic nitrogens is 1. The van der Waals surface area contributed by atoms with Crippen LogP contribution in [0.2, 0.25) is 0 Å². The number of carbonyl (C=O) groups is 2. The van der Waals surface area contributed by atoms with E-state index in [0.29, 0.717) is 28.2 Å². The van der Waals surface area contributed by atoms with Crippen molar-refractivity contribution in [3.63, 3.8) is 0 Å². The van der Waals surface area contributed by atoms with E-state index in [0.717, 1.165) is 55.2 Å². The van der Waals surface area contributed by atoms with Crippen LogP contribution < -0.4 is 4.90 Å². The van der Waals surface area contributed by atoms with Gasteiger partial charge in [-0.3, -0.25) is 9.59 Å². The maximum absolute atomic E-state index is 14.8. The summed E-state index contributed by atoms with van der Waals surface area (Å²) in [4.78, 5) is 34.1. The van der Waals surface area contributed by atoms with E-state index >= 15 is 0 Å². The Hall–Kier alpha value is -7.03. The van der Waals surface area contributed by atoms with Gasteiger partial charge in [0.1, 0.15) is 0 Å². The fourth-order valence-corrected chi connectivity index (χ4v) is 7.31. The number of benzene rings is 7. The highest BCUT2D eigenvalue weighted by Crippen LogP contribution is 2.44. The van der Waals surface area contributed by atoms with Gasteiger partial charge < -0.3 is 4.57 Å². The molecule has 0 saturated heterocycles. The van der Waals surface area contributed by atoms with Crippen molar-refractivity contribution in [2.24, 2.45) is 0 Å². The largest absolute Gasteiger partial charge is 0.308 e. The zero-order valence-corrected chi connectivity index (χ0v) is 26.7. The van der Waals surface area contributed by atoms with Crippen molar-refractivity contribution in [1.82, 2.24) is 4.57 Å². The molecule has 234 valence electrons. The van der Waals surface area contributed by atoms with Gasteiger partial charge in [0.15, 0.2) is 5.69 Å². The van der Waals surface area contributed by atoms with Crippen molar-refractivity contribution in [3.05, 3.63) is 186 Å². The van der Waals surface area contributed by atoms with Crippen molar-refractivity contribution in [2.75, 3.05) is 4.90 Å². The Morgan fingerprint density at radius 1 is 0.440 bits per heavy atom. The van der Waals surface area contributed by atoms with E-state index in [4.69, 9.17) is 6.57 Å². The third-order valence-corrected chi connectivity index (χ3v) is 9.57. The molecule has 0 atom stereocenters. The molecule has 0 N–H and O–H groups in total. The van der Waals surface area contributed by atoms with Crippen LogP contribution in [0.1, 0.15) is 20.7 Å². The van der Waals surface area contributed by atoms with Crippen LogP contribution in [-0.2, 0) is 0 Å². The number of amides is 2. The van der Waals surface area contributed by atoms with Crippen LogP contribution in [0.4, 0.5) is 11.4 Å². The topological polar surface area (TPSA) is 46.7 Å². The highest BCUT2D eigenvalue weighted by atomic mass is 16.2. The summed E-state index contributed by atoms with van der Waals surface area (Å²) in [5.74, 6) is -0.703. The lowest BCUT2D eigenvalue weighted by atomic mass is 9.92. The molecule has 0 bridgehead atoms. The molecule has 2 amide bonds. The molecule has 5 heteroatoms. The van der Waals surface area contributed by atoms with Gasteiger partial charge in [-0.1, -0.05) is 127 Å². The number of anilines is 1. The fourth-order valence-electron chi connectivity index (χ4n) is 7.31. The van der Waals surface area contributed by atoms with E-state index < -0.39 is 0 Å². The van der Waals surface area contributed by atoms with Crippen LogP contribution in [-0.4, -0.2) is 16.4 Å². The summed E-state index contributed by atoms with van der Waals surface area (Å²) in [5, 5.41) is 2.07. The summed E-state index contributed by atoms with van der Waals surface area (Å²) < 4.78 is 2.10. The molecule has 8 aromatic rings. The number of imide groups is 1.